The summed E-state index contributed by atoms with van der Waals surface area (Å²) >= 11 is 0. The molecule has 3 atom stereocenters. The predicted octanol–water partition coefficient (Wildman–Crippen LogP) is 5.20. The number of fused-ring (bicyclic) bond motifs is 4. The number of hydrogen-bond acceptors (Lipinski definition) is 6. The number of nitrogens with one attached hydrogen (secondary N) is 1. The maximum atomic E-state index is 13.7. The Balaban J connectivity index is 1.20. The number of pyridine rings is 1. The predicted molar refractivity (Wildman–Crippen MR) is 174 cm³/mol. The number of amides is 2. The van der Waals surface area contributed by atoms with Crippen molar-refractivity contribution < 1.29 is 14.3 Å². The second kappa shape index (κ2) is 10.4. The minimum Gasteiger partial charge on any atom is -0.494 e. The van der Waals surface area contributed by atoms with E-state index in [0.29, 0.717) is 29.7 Å². The Bertz CT molecular complexity index is 1990. The highest BCUT2D eigenvalue weighted by Crippen LogP contribution is 2.40. The molecule has 0 spiro atoms. The zero-order valence-electron chi connectivity index (χ0n) is 25.8. The highest BCUT2D eigenvalue weighted by Gasteiger charge is 2.47. The van der Waals surface area contributed by atoms with Crippen LogP contribution in [0.3, 0.4) is 0 Å². The van der Waals surface area contributed by atoms with Crippen LogP contribution < -0.4 is 15.8 Å². The second-order valence-electron chi connectivity index (χ2n) is 12.9. The van der Waals surface area contributed by atoms with Gasteiger partial charge in [0.1, 0.15) is 16.9 Å². The molecule has 1 aliphatic heterocycles. The zero-order valence-corrected chi connectivity index (χ0v) is 25.8. The topological polar surface area (TPSA) is 120 Å². The Kier molecular flexibility index (Phi) is 6.46. The summed E-state index contributed by atoms with van der Waals surface area (Å²) in [6.07, 6.45) is 4.46. The Morgan fingerprint density at radius 1 is 1.02 bits per heavy atom. The van der Waals surface area contributed by atoms with Gasteiger partial charge in [-0.1, -0.05) is 12.1 Å². The number of nitrogens with zero attached hydrogens (tertiary/aromatic N) is 5. The number of hydrogen-bond donors (Lipinski definition) is 2. The molecular formula is C35H37N7O3. The number of aromatic nitrogens is 4. The first-order chi connectivity index (χ1) is 21.8. The number of aryl methyl sites for hydroxylation is 1. The van der Waals surface area contributed by atoms with Crippen LogP contribution in [0.2, 0.25) is 0 Å². The maximum Gasteiger partial charge on any atom is 0.254 e. The van der Waals surface area contributed by atoms with Gasteiger partial charge in [-0.15, -0.1) is 0 Å². The number of carbonyl (C=O) groups excluding carboxylic acids is 2. The van der Waals surface area contributed by atoms with E-state index in [1.807, 2.05) is 54.4 Å². The van der Waals surface area contributed by atoms with Crippen molar-refractivity contribution in [1.29, 1.82) is 0 Å². The van der Waals surface area contributed by atoms with E-state index >= 15 is 0 Å². The van der Waals surface area contributed by atoms with Crippen LogP contribution in [0.25, 0.3) is 44.8 Å². The summed E-state index contributed by atoms with van der Waals surface area (Å²) in [5.41, 5.74) is 13.1. The molecule has 2 amide bonds. The van der Waals surface area contributed by atoms with Crippen molar-refractivity contribution in [3.05, 3.63) is 60.2 Å². The van der Waals surface area contributed by atoms with E-state index in [2.05, 4.69) is 26.6 Å². The number of nitrogens with two attached hydrogens (primary N) is 1. The van der Waals surface area contributed by atoms with Crippen LogP contribution >= 0.6 is 0 Å². The molecule has 2 aromatic carbocycles. The van der Waals surface area contributed by atoms with Crippen LogP contribution in [0.4, 0.5) is 5.69 Å². The molecule has 4 heterocycles. The number of benzene rings is 2. The molecule has 8 rings (SSSR count). The Hall–Kier alpha value is -4.70. The first kappa shape index (κ1) is 27.8. The molecule has 3 aliphatic rings. The first-order valence-electron chi connectivity index (χ1n) is 15.8. The highest BCUT2D eigenvalue weighted by molar-refractivity contribution is 6.00. The second-order valence-corrected chi connectivity index (χ2v) is 12.9. The standard InChI is InChI=1S/C35H37N7O3/c1-19(43)37-25-10-6-21(7-11-25)26-12-8-22-15-29(41(33(22)38-26)17-20-4-5-20)34-39-27-14-24(16-30(45-3)32(27)40(34)2)35(44)42-18-23-9-13-28(42)31(23)36/h6-8,10-12,14-16,20,23,28,31H,4-5,9,13,17-18,36H2,1-3H3,(H,37,43)/t23?,28?,31-/m1/s1. The Labute approximate surface area is 261 Å². The molecule has 2 saturated carbocycles. The van der Waals surface area contributed by atoms with Gasteiger partial charge in [0.05, 0.1) is 24.0 Å². The van der Waals surface area contributed by atoms with E-state index in [4.69, 9.17) is 20.4 Å². The molecular weight excluding hydrogens is 566 g/mol. The molecule has 3 aromatic heterocycles. The number of piperidine rings is 1. The van der Waals surface area contributed by atoms with Crippen molar-refractivity contribution in [2.75, 3.05) is 19.0 Å². The van der Waals surface area contributed by atoms with Crippen LogP contribution in [0.1, 0.15) is 43.0 Å². The molecule has 5 aromatic rings. The fourth-order valence-electron chi connectivity index (χ4n) is 7.41. The van der Waals surface area contributed by atoms with Crippen LogP contribution in [0.5, 0.6) is 5.75 Å². The van der Waals surface area contributed by atoms with Gasteiger partial charge in [0.15, 0.2) is 5.82 Å². The molecule has 3 N–H and O–H groups in total. The van der Waals surface area contributed by atoms with Crippen molar-refractivity contribution in [2.24, 2.45) is 24.6 Å². The van der Waals surface area contributed by atoms with Gasteiger partial charge in [-0.2, -0.15) is 0 Å². The molecule has 10 nitrogen and oxygen atoms in total. The number of imidazole rings is 1. The SMILES string of the molecule is COc1cc(C(=O)N2CC3CCC2[C@@H]3N)cc2nc(-c3cc4ccc(-c5ccc(NC(C)=O)cc5)nc4n3CC3CC3)n(C)c12. The lowest BCUT2D eigenvalue weighted by atomic mass is 10.1. The van der Waals surface area contributed by atoms with Gasteiger partial charge in [0.25, 0.3) is 5.91 Å². The fourth-order valence-corrected chi connectivity index (χ4v) is 7.41. The average molecular weight is 604 g/mol. The van der Waals surface area contributed by atoms with E-state index in [9.17, 15) is 9.59 Å². The number of ether oxygens (including phenoxy) is 1. The quantitative estimate of drug-likeness (QED) is 0.264. The number of carbonyl (C=O) groups is 2. The molecule has 2 bridgehead atoms. The summed E-state index contributed by atoms with van der Waals surface area (Å²) in [5, 5.41) is 3.86. The van der Waals surface area contributed by atoms with Gasteiger partial charge in [0.2, 0.25) is 5.91 Å². The van der Waals surface area contributed by atoms with Crippen LogP contribution in [-0.2, 0) is 18.4 Å². The minimum absolute atomic E-state index is 0.00487. The molecule has 10 heteroatoms. The summed E-state index contributed by atoms with van der Waals surface area (Å²) in [7, 11) is 3.64. The monoisotopic (exact) mass is 603 g/mol. The van der Waals surface area contributed by atoms with Crippen molar-refractivity contribution in [3.8, 4) is 28.5 Å². The van der Waals surface area contributed by atoms with Gasteiger partial charge in [-0.3, -0.25) is 9.59 Å². The molecule has 2 unspecified atom stereocenters. The summed E-state index contributed by atoms with van der Waals surface area (Å²) in [4.78, 5) is 37.4. The van der Waals surface area contributed by atoms with Gasteiger partial charge in [-0.25, -0.2) is 9.97 Å². The molecule has 1 saturated heterocycles. The van der Waals surface area contributed by atoms with Gasteiger partial charge >= 0.3 is 0 Å². The molecule has 0 radical (unpaired) electrons. The lowest BCUT2D eigenvalue weighted by molar-refractivity contribution is -0.114. The van der Waals surface area contributed by atoms with Crippen LogP contribution in [0, 0.1) is 11.8 Å². The smallest absolute Gasteiger partial charge is 0.254 e. The van der Waals surface area contributed by atoms with Gasteiger partial charge < -0.3 is 29.8 Å². The van der Waals surface area contributed by atoms with E-state index in [1.54, 1.807) is 7.11 Å². The minimum atomic E-state index is -0.0988. The third-order valence-electron chi connectivity index (χ3n) is 9.93. The Morgan fingerprint density at radius 2 is 1.82 bits per heavy atom. The van der Waals surface area contributed by atoms with Crippen molar-refractivity contribution in [3.63, 3.8) is 0 Å². The van der Waals surface area contributed by atoms with Crippen molar-refractivity contribution in [2.45, 2.75) is 51.2 Å². The third kappa shape index (κ3) is 4.66. The number of methoxy groups -OCH3 is 1. The summed E-state index contributed by atoms with van der Waals surface area (Å²) in [6, 6.07) is 18.0. The van der Waals surface area contributed by atoms with E-state index in [0.717, 1.165) is 69.9 Å². The average Bonchev–Trinajstić information content (AvgIpc) is 3.44. The molecule has 2 aliphatic carbocycles. The zero-order chi connectivity index (χ0) is 31.0. The number of rotatable bonds is 7. The van der Waals surface area contributed by atoms with Crippen LogP contribution in [-0.4, -0.2) is 61.6 Å². The van der Waals surface area contributed by atoms with Crippen molar-refractivity contribution >= 4 is 39.6 Å². The third-order valence-corrected chi connectivity index (χ3v) is 9.93. The number of anilines is 1. The lowest BCUT2D eigenvalue weighted by Crippen LogP contribution is -2.41. The molecule has 45 heavy (non-hydrogen) atoms. The Morgan fingerprint density at radius 3 is 2.49 bits per heavy atom. The highest BCUT2D eigenvalue weighted by atomic mass is 16.5. The van der Waals surface area contributed by atoms with Gasteiger partial charge in [-0.05, 0) is 80.0 Å². The normalized spacial score (nSPS) is 20.8. The van der Waals surface area contributed by atoms with E-state index in [-0.39, 0.29) is 23.9 Å². The van der Waals surface area contributed by atoms with Gasteiger partial charge in [0, 0.05) is 61.3 Å². The number of likely N-dealkylation sites (tertiary alicyclic amines) is 1. The van der Waals surface area contributed by atoms with Crippen LogP contribution in [0.15, 0.2) is 54.6 Å². The maximum absolute atomic E-state index is 13.7. The van der Waals surface area contributed by atoms with E-state index in [1.165, 1.54) is 19.8 Å². The summed E-state index contributed by atoms with van der Waals surface area (Å²) in [6.45, 7) is 3.08. The summed E-state index contributed by atoms with van der Waals surface area (Å²) < 4.78 is 10.2. The first-order valence-corrected chi connectivity index (χ1v) is 15.8. The van der Waals surface area contributed by atoms with Crippen molar-refractivity contribution in [1.82, 2.24) is 24.0 Å². The fraction of sp³-hybridized carbons (Fsp3) is 0.371. The molecule has 3 fully saturated rings. The molecule has 230 valence electrons. The largest absolute Gasteiger partial charge is 0.494 e. The lowest BCUT2D eigenvalue weighted by Gasteiger charge is -2.27. The van der Waals surface area contributed by atoms with E-state index < -0.39 is 0 Å². The summed E-state index contributed by atoms with van der Waals surface area (Å²) in [5.74, 6) is 2.32.